The zero-order valence-corrected chi connectivity index (χ0v) is 9.93. The fourth-order valence-corrected chi connectivity index (χ4v) is 2.31. The Hall–Kier alpha value is -1.67. The van der Waals surface area contributed by atoms with E-state index in [0.29, 0.717) is 12.0 Å². The first kappa shape index (κ1) is 10.5. The molecule has 0 amide bonds. The molecule has 0 spiro atoms. The quantitative estimate of drug-likeness (QED) is 0.852. The summed E-state index contributed by atoms with van der Waals surface area (Å²) in [5.74, 6) is 0.586. The Morgan fingerprint density at radius 2 is 1.88 bits per heavy atom. The maximum atomic E-state index is 5.86. The molecule has 2 aromatic rings. The van der Waals surface area contributed by atoms with Crippen LogP contribution < -0.4 is 5.73 Å². The summed E-state index contributed by atoms with van der Waals surface area (Å²) in [6.07, 6.45) is 4.88. The van der Waals surface area contributed by atoms with Gasteiger partial charge in [0.05, 0.1) is 0 Å². The Morgan fingerprint density at radius 3 is 2.47 bits per heavy atom. The summed E-state index contributed by atoms with van der Waals surface area (Å²) in [6, 6.07) is 11.2. The summed E-state index contributed by atoms with van der Waals surface area (Å²) < 4.78 is 0. The summed E-state index contributed by atoms with van der Waals surface area (Å²) >= 11 is 0. The van der Waals surface area contributed by atoms with E-state index in [1.165, 1.54) is 22.3 Å². The number of aryl methyl sites for hydroxylation is 1. The highest BCUT2D eigenvalue weighted by Crippen LogP contribution is 2.39. The van der Waals surface area contributed by atoms with Crippen LogP contribution in [0.3, 0.4) is 0 Å². The van der Waals surface area contributed by atoms with Crippen molar-refractivity contribution in [2.24, 2.45) is 5.73 Å². The topological polar surface area (TPSA) is 38.9 Å². The second kappa shape index (κ2) is 3.97. The molecule has 86 valence electrons. The van der Waals surface area contributed by atoms with Crippen LogP contribution in [0.25, 0.3) is 11.1 Å². The molecule has 1 aliphatic carbocycles. The Bertz CT molecular complexity index is 531. The smallest absolute Gasteiger partial charge is 0.0303 e. The predicted molar refractivity (Wildman–Crippen MR) is 69.7 cm³/mol. The number of pyridine rings is 1. The van der Waals surface area contributed by atoms with E-state index in [9.17, 15) is 0 Å². The van der Waals surface area contributed by atoms with Crippen LogP contribution in [0.2, 0.25) is 0 Å². The Kier molecular flexibility index (Phi) is 2.45. The van der Waals surface area contributed by atoms with Crippen molar-refractivity contribution in [2.75, 3.05) is 0 Å². The zero-order chi connectivity index (χ0) is 11.8. The molecular weight excluding hydrogens is 208 g/mol. The van der Waals surface area contributed by atoms with Crippen molar-refractivity contribution in [3.05, 3.63) is 53.9 Å². The van der Waals surface area contributed by atoms with Crippen molar-refractivity contribution in [3.8, 4) is 11.1 Å². The molecule has 1 heterocycles. The van der Waals surface area contributed by atoms with E-state index in [-0.39, 0.29) is 0 Å². The van der Waals surface area contributed by atoms with Crippen LogP contribution in [0.1, 0.15) is 23.5 Å². The molecule has 2 atom stereocenters. The number of rotatable bonds is 2. The van der Waals surface area contributed by atoms with Crippen LogP contribution >= 0.6 is 0 Å². The van der Waals surface area contributed by atoms with Crippen molar-refractivity contribution in [2.45, 2.75) is 25.3 Å². The summed E-state index contributed by atoms with van der Waals surface area (Å²) in [7, 11) is 0. The van der Waals surface area contributed by atoms with Gasteiger partial charge in [-0.2, -0.15) is 0 Å². The third-order valence-electron chi connectivity index (χ3n) is 3.51. The predicted octanol–water partition coefficient (Wildman–Crippen LogP) is 2.87. The summed E-state index contributed by atoms with van der Waals surface area (Å²) in [5, 5.41) is 0. The maximum absolute atomic E-state index is 5.86. The maximum Gasteiger partial charge on any atom is 0.0303 e. The Labute approximate surface area is 102 Å². The zero-order valence-electron chi connectivity index (χ0n) is 9.93. The number of hydrogen-bond acceptors (Lipinski definition) is 2. The fourth-order valence-electron chi connectivity index (χ4n) is 2.31. The number of nitrogens with zero attached hydrogens (tertiary/aromatic N) is 1. The molecular formula is C15H16N2. The summed E-state index contributed by atoms with van der Waals surface area (Å²) in [6.45, 7) is 2.09. The average molecular weight is 224 g/mol. The van der Waals surface area contributed by atoms with Crippen LogP contribution in [-0.4, -0.2) is 11.0 Å². The van der Waals surface area contributed by atoms with Crippen LogP contribution in [0, 0.1) is 6.92 Å². The Morgan fingerprint density at radius 1 is 1.18 bits per heavy atom. The van der Waals surface area contributed by atoms with Gasteiger partial charge in [-0.25, -0.2) is 0 Å². The van der Waals surface area contributed by atoms with E-state index in [0.717, 1.165) is 6.42 Å². The molecule has 1 aromatic heterocycles. The molecule has 17 heavy (non-hydrogen) atoms. The highest BCUT2D eigenvalue weighted by Gasteiger charge is 2.34. The first-order chi connectivity index (χ1) is 8.25. The molecule has 1 saturated carbocycles. The average Bonchev–Trinajstić information content (AvgIpc) is 3.07. The molecule has 0 aliphatic heterocycles. The van der Waals surface area contributed by atoms with Crippen LogP contribution in [0.5, 0.6) is 0 Å². The Balaban J connectivity index is 1.92. The molecule has 0 radical (unpaired) electrons. The van der Waals surface area contributed by atoms with E-state index >= 15 is 0 Å². The number of nitrogens with two attached hydrogens (primary N) is 1. The van der Waals surface area contributed by atoms with Gasteiger partial charge >= 0.3 is 0 Å². The lowest BCUT2D eigenvalue weighted by Gasteiger charge is -2.06. The number of benzene rings is 1. The minimum Gasteiger partial charge on any atom is -0.327 e. The molecule has 2 nitrogen and oxygen atoms in total. The van der Waals surface area contributed by atoms with Gasteiger partial charge in [-0.1, -0.05) is 24.3 Å². The number of aromatic nitrogens is 1. The monoisotopic (exact) mass is 224 g/mol. The van der Waals surface area contributed by atoms with Gasteiger partial charge in [-0.15, -0.1) is 0 Å². The van der Waals surface area contributed by atoms with Gasteiger partial charge in [-0.3, -0.25) is 4.98 Å². The molecule has 2 N–H and O–H groups in total. The largest absolute Gasteiger partial charge is 0.327 e. The second-order valence-electron chi connectivity index (χ2n) is 4.82. The van der Waals surface area contributed by atoms with Crippen molar-refractivity contribution in [1.29, 1.82) is 0 Å². The lowest BCUT2D eigenvalue weighted by Crippen LogP contribution is -2.00. The minimum absolute atomic E-state index is 0.378. The summed E-state index contributed by atoms with van der Waals surface area (Å²) in [5.41, 5.74) is 11.0. The lowest BCUT2D eigenvalue weighted by molar-refractivity contribution is 0.991. The molecule has 1 aromatic carbocycles. The van der Waals surface area contributed by atoms with Gasteiger partial charge in [0.25, 0.3) is 0 Å². The van der Waals surface area contributed by atoms with E-state index in [1.54, 1.807) is 0 Å². The highest BCUT2D eigenvalue weighted by atomic mass is 14.7. The molecule has 2 heteroatoms. The third-order valence-corrected chi connectivity index (χ3v) is 3.51. The van der Waals surface area contributed by atoms with Crippen LogP contribution in [0.15, 0.2) is 42.7 Å². The van der Waals surface area contributed by atoms with Crippen molar-refractivity contribution in [3.63, 3.8) is 0 Å². The van der Waals surface area contributed by atoms with E-state index in [1.807, 2.05) is 12.4 Å². The van der Waals surface area contributed by atoms with Crippen molar-refractivity contribution >= 4 is 0 Å². The van der Waals surface area contributed by atoms with Gasteiger partial charge in [-0.05, 0) is 41.7 Å². The van der Waals surface area contributed by atoms with Gasteiger partial charge in [0.1, 0.15) is 0 Å². The van der Waals surface area contributed by atoms with E-state index in [4.69, 9.17) is 5.73 Å². The molecule has 3 rings (SSSR count). The van der Waals surface area contributed by atoms with Crippen molar-refractivity contribution < 1.29 is 0 Å². The highest BCUT2D eigenvalue weighted by molar-refractivity contribution is 5.66. The van der Waals surface area contributed by atoms with Crippen LogP contribution in [0.4, 0.5) is 0 Å². The van der Waals surface area contributed by atoms with E-state index in [2.05, 4.69) is 42.2 Å². The first-order valence-electron chi connectivity index (χ1n) is 6.02. The SMILES string of the molecule is Cc1cnccc1-c1ccc(C2CC2N)cc1. The molecule has 1 fully saturated rings. The fraction of sp³-hybridized carbons (Fsp3) is 0.267. The van der Waals surface area contributed by atoms with Crippen molar-refractivity contribution in [1.82, 2.24) is 4.98 Å². The molecule has 0 saturated heterocycles. The van der Waals surface area contributed by atoms with Gasteiger partial charge in [0.15, 0.2) is 0 Å². The van der Waals surface area contributed by atoms with Crippen LogP contribution in [-0.2, 0) is 0 Å². The lowest BCUT2D eigenvalue weighted by atomic mass is 10.00. The van der Waals surface area contributed by atoms with Gasteiger partial charge in [0.2, 0.25) is 0 Å². The summed E-state index contributed by atoms with van der Waals surface area (Å²) in [4.78, 5) is 4.12. The van der Waals surface area contributed by atoms with Gasteiger partial charge < -0.3 is 5.73 Å². The standard InChI is InChI=1S/C15H16N2/c1-10-9-17-7-6-13(10)11-2-4-12(5-3-11)14-8-15(14)16/h2-7,9,14-15H,8,16H2,1H3. The molecule has 1 aliphatic rings. The second-order valence-corrected chi connectivity index (χ2v) is 4.82. The number of hydrogen-bond donors (Lipinski definition) is 1. The first-order valence-corrected chi connectivity index (χ1v) is 6.02. The normalized spacial score (nSPS) is 22.5. The minimum atomic E-state index is 0.378. The van der Waals surface area contributed by atoms with E-state index < -0.39 is 0 Å². The van der Waals surface area contributed by atoms with Gasteiger partial charge in [0, 0.05) is 24.4 Å². The molecule has 0 bridgehead atoms. The molecule has 2 unspecified atom stereocenters. The third kappa shape index (κ3) is 1.96.